The van der Waals surface area contributed by atoms with Crippen LogP contribution in [-0.4, -0.2) is 9.97 Å². The highest BCUT2D eigenvalue weighted by atomic mass is 32.1. The lowest BCUT2D eigenvalue weighted by atomic mass is 10.0. The normalized spacial score (nSPS) is 11.5. The van der Waals surface area contributed by atoms with Crippen molar-refractivity contribution >= 4 is 42.5 Å². The van der Waals surface area contributed by atoms with Crippen LogP contribution in [0.2, 0.25) is 0 Å². The summed E-state index contributed by atoms with van der Waals surface area (Å²) in [5, 5.41) is 2.57. The Labute approximate surface area is 178 Å². The van der Waals surface area contributed by atoms with Crippen molar-refractivity contribution in [1.82, 2.24) is 9.97 Å². The maximum absolute atomic E-state index is 4.99. The highest BCUT2D eigenvalue weighted by Crippen LogP contribution is 2.43. The predicted molar refractivity (Wildman–Crippen MR) is 128 cm³/mol. The SMILES string of the molecule is Cc1nc2ccccc2nc1-c1cccc2c1sc1c(-c3ccccc3)cccc12. The van der Waals surface area contributed by atoms with Crippen molar-refractivity contribution in [3.05, 3.63) is 96.7 Å². The minimum absolute atomic E-state index is 0.932. The highest BCUT2D eigenvalue weighted by Gasteiger charge is 2.16. The molecule has 0 fully saturated rings. The minimum Gasteiger partial charge on any atom is -0.249 e. The molecule has 0 aliphatic carbocycles. The molecule has 142 valence electrons. The topological polar surface area (TPSA) is 25.8 Å². The number of fused-ring (bicyclic) bond motifs is 4. The van der Waals surface area contributed by atoms with Gasteiger partial charge in [-0.15, -0.1) is 11.3 Å². The number of aromatic nitrogens is 2. The van der Waals surface area contributed by atoms with E-state index in [1.54, 1.807) is 0 Å². The third kappa shape index (κ3) is 2.63. The van der Waals surface area contributed by atoms with Crippen LogP contribution >= 0.6 is 11.3 Å². The second-order valence-electron chi connectivity index (χ2n) is 7.48. The Morgan fingerprint density at radius 1 is 0.567 bits per heavy atom. The third-order valence-corrected chi connectivity index (χ3v) is 6.90. The van der Waals surface area contributed by atoms with Crippen LogP contribution in [0.4, 0.5) is 0 Å². The van der Waals surface area contributed by atoms with Gasteiger partial charge >= 0.3 is 0 Å². The van der Waals surface area contributed by atoms with Gasteiger partial charge in [-0.1, -0.05) is 78.9 Å². The Morgan fingerprint density at radius 3 is 1.90 bits per heavy atom. The van der Waals surface area contributed by atoms with Crippen molar-refractivity contribution in [1.29, 1.82) is 0 Å². The zero-order valence-electron chi connectivity index (χ0n) is 16.5. The fourth-order valence-corrected chi connectivity index (χ4v) is 5.55. The molecule has 0 aliphatic heterocycles. The van der Waals surface area contributed by atoms with Gasteiger partial charge in [0, 0.05) is 25.7 Å². The molecule has 2 aromatic heterocycles. The first-order valence-corrected chi connectivity index (χ1v) is 10.8. The average molecular weight is 403 g/mol. The number of benzene rings is 4. The molecule has 30 heavy (non-hydrogen) atoms. The molecule has 6 rings (SSSR count). The van der Waals surface area contributed by atoms with E-state index in [0.717, 1.165) is 28.0 Å². The molecule has 0 atom stereocenters. The number of para-hydroxylation sites is 2. The monoisotopic (exact) mass is 402 g/mol. The van der Waals surface area contributed by atoms with Gasteiger partial charge in [0.1, 0.15) is 0 Å². The zero-order chi connectivity index (χ0) is 20.1. The quantitative estimate of drug-likeness (QED) is 0.297. The molecule has 2 nitrogen and oxygen atoms in total. The van der Waals surface area contributed by atoms with Crippen LogP contribution < -0.4 is 0 Å². The second-order valence-corrected chi connectivity index (χ2v) is 8.50. The molecule has 0 N–H and O–H groups in total. The van der Waals surface area contributed by atoms with E-state index in [-0.39, 0.29) is 0 Å². The Morgan fingerprint density at radius 2 is 1.17 bits per heavy atom. The zero-order valence-corrected chi connectivity index (χ0v) is 17.3. The summed E-state index contributed by atoms with van der Waals surface area (Å²) in [6.45, 7) is 2.05. The molecule has 0 amide bonds. The van der Waals surface area contributed by atoms with Gasteiger partial charge in [0.2, 0.25) is 0 Å². The third-order valence-electron chi connectivity index (χ3n) is 5.61. The summed E-state index contributed by atoms with van der Waals surface area (Å²) in [7, 11) is 0. The number of hydrogen-bond acceptors (Lipinski definition) is 3. The molecule has 0 radical (unpaired) electrons. The lowest BCUT2D eigenvalue weighted by molar-refractivity contribution is 1.19. The summed E-state index contributed by atoms with van der Waals surface area (Å²) in [5.74, 6) is 0. The van der Waals surface area contributed by atoms with E-state index in [9.17, 15) is 0 Å². The van der Waals surface area contributed by atoms with Crippen LogP contribution in [-0.2, 0) is 0 Å². The summed E-state index contributed by atoms with van der Waals surface area (Å²) in [6.07, 6.45) is 0. The summed E-state index contributed by atoms with van der Waals surface area (Å²) in [5.41, 5.74) is 7.48. The maximum Gasteiger partial charge on any atom is 0.0936 e. The molecule has 2 heterocycles. The number of thiophene rings is 1. The van der Waals surface area contributed by atoms with Crippen LogP contribution in [0.15, 0.2) is 91.0 Å². The van der Waals surface area contributed by atoms with E-state index in [2.05, 4.69) is 73.7 Å². The van der Waals surface area contributed by atoms with E-state index in [1.807, 2.05) is 35.6 Å². The lowest BCUT2D eigenvalue weighted by Crippen LogP contribution is -1.94. The van der Waals surface area contributed by atoms with Gasteiger partial charge in [0.05, 0.1) is 22.4 Å². The first kappa shape index (κ1) is 17.3. The van der Waals surface area contributed by atoms with Gasteiger partial charge < -0.3 is 0 Å². The molecule has 0 aliphatic rings. The van der Waals surface area contributed by atoms with Gasteiger partial charge in [-0.3, -0.25) is 0 Å². The van der Waals surface area contributed by atoms with Gasteiger partial charge in [-0.25, -0.2) is 9.97 Å². The average Bonchev–Trinajstić information content (AvgIpc) is 3.18. The number of rotatable bonds is 2. The molecule has 0 unspecified atom stereocenters. The molecular formula is C27H18N2S. The molecule has 6 aromatic rings. The summed E-state index contributed by atoms with van der Waals surface area (Å²) < 4.78 is 2.58. The lowest BCUT2D eigenvalue weighted by Gasteiger charge is -2.08. The van der Waals surface area contributed by atoms with E-state index in [0.29, 0.717) is 0 Å². The molecule has 4 aromatic carbocycles. The molecule has 0 saturated carbocycles. The van der Waals surface area contributed by atoms with Crippen molar-refractivity contribution in [3.63, 3.8) is 0 Å². The highest BCUT2D eigenvalue weighted by molar-refractivity contribution is 7.26. The van der Waals surface area contributed by atoms with Gasteiger partial charge in [-0.2, -0.15) is 0 Å². The minimum atomic E-state index is 0.932. The Bertz CT molecular complexity index is 1550. The molecule has 3 heteroatoms. The second kappa shape index (κ2) is 6.75. The first-order valence-electron chi connectivity index (χ1n) is 10.0. The van der Waals surface area contributed by atoms with Crippen LogP contribution in [0.3, 0.4) is 0 Å². The van der Waals surface area contributed by atoms with Gasteiger partial charge in [0.25, 0.3) is 0 Å². The Kier molecular flexibility index (Phi) is 3.90. The largest absolute Gasteiger partial charge is 0.249 e. The number of nitrogens with zero attached hydrogens (tertiary/aromatic N) is 2. The van der Waals surface area contributed by atoms with Crippen LogP contribution in [0.1, 0.15) is 5.69 Å². The summed E-state index contributed by atoms with van der Waals surface area (Å²) >= 11 is 1.85. The molecule has 0 saturated heterocycles. The van der Waals surface area contributed by atoms with Crippen molar-refractivity contribution in [2.45, 2.75) is 6.92 Å². The van der Waals surface area contributed by atoms with E-state index in [1.165, 1.54) is 31.3 Å². The fourth-order valence-electron chi connectivity index (χ4n) is 4.20. The van der Waals surface area contributed by atoms with Crippen LogP contribution in [0.25, 0.3) is 53.6 Å². The molecule has 0 spiro atoms. The first-order chi connectivity index (χ1) is 14.8. The Balaban J connectivity index is 1.66. The maximum atomic E-state index is 4.99. The summed E-state index contributed by atoms with van der Waals surface area (Å²) in [6, 6.07) is 31.8. The fraction of sp³-hybridized carbons (Fsp3) is 0.0370. The van der Waals surface area contributed by atoms with Crippen molar-refractivity contribution in [3.8, 4) is 22.4 Å². The van der Waals surface area contributed by atoms with E-state index < -0.39 is 0 Å². The van der Waals surface area contributed by atoms with Crippen molar-refractivity contribution in [2.24, 2.45) is 0 Å². The number of aryl methyl sites for hydroxylation is 1. The van der Waals surface area contributed by atoms with E-state index >= 15 is 0 Å². The Hall–Kier alpha value is -3.56. The molecule has 0 bridgehead atoms. The number of hydrogen-bond donors (Lipinski definition) is 0. The van der Waals surface area contributed by atoms with Crippen LogP contribution in [0.5, 0.6) is 0 Å². The standard InChI is InChI=1S/C27H18N2S/c1-17-25(29-24-16-6-5-15-23(24)28-17)22-14-8-13-21-20-12-7-11-19(26(20)30-27(21)22)18-9-3-2-4-10-18/h2-16H,1H3. The smallest absolute Gasteiger partial charge is 0.0936 e. The van der Waals surface area contributed by atoms with Crippen LogP contribution in [0, 0.1) is 6.92 Å². The van der Waals surface area contributed by atoms with Crippen molar-refractivity contribution in [2.75, 3.05) is 0 Å². The van der Waals surface area contributed by atoms with Gasteiger partial charge in [-0.05, 0) is 30.2 Å². The summed E-state index contributed by atoms with van der Waals surface area (Å²) in [4.78, 5) is 9.81. The van der Waals surface area contributed by atoms with Gasteiger partial charge in [0.15, 0.2) is 0 Å². The molecular weight excluding hydrogens is 384 g/mol. The predicted octanol–water partition coefficient (Wildman–Crippen LogP) is 7.64. The van der Waals surface area contributed by atoms with E-state index in [4.69, 9.17) is 9.97 Å². The van der Waals surface area contributed by atoms with Crippen molar-refractivity contribution < 1.29 is 0 Å².